The molecule has 56 heavy (non-hydrogen) atoms. The molecule has 6 aromatic rings. The zero-order valence-electron chi connectivity index (χ0n) is 33.8. The highest BCUT2D eigenvalue weighted by atomic mass is 16.3. The summed E-state index contributed by atoms with van der Waals surface area (Å²) in [5.41, 5.74) is 20.7. The third-order valence-corrected chi connectivity index (χ3v) is 17.2. The van der Waals surface area contributed by atoms with Gasteiger partial charge in [0.1, 0.15) is 5.58 Å². The molecule has 2 aliphatic heterocycles. The number of furan rings is 1. The standard InChI is InChI=1S/C52H51BN2O/c1-30-12-10-13-31(2)46(30)55-42-17-11-16-41-45(42)53(40-25-38-39(26-43(40)55)50(5,6)21-20-49(38,3)4)48-47(54(41)36-14-8-7-9-15-36)37-24-33(18-19-44(37)56-48)51-27-32-22-34-23-35(29-51)52(34,51)28-32/h7-19,24-26,32,34-35H,20-23,27-29H2,1-6H3. The zero-order valence-corrected chi connectivity index (χ0v) is 33.8. The quantitative estimate of drug-likeness (QED) is 0.169. The first-order valence-electron chi connectivity index (χ1n) is 21.6. The van der Waals surface area contributed by atoms with Crippen LogP contribution in [0.3, 0.4) is 0 Å². The molecule has 0 N–H and O–H groups in total. The van der Waals surface area contributed by atoms with Crippen LogP contribution in [0.2, 0.25) is 0 Å². The van der Waals surface area contributed by atoms with Crippen LogP contribution in [-0.4, -0.2) is 6.71 Å². The van der Waals surface area contributed by atoms with E-state index in [1.807, 2.05) is 0 Å². The molecule has 7 aliphatic rings. The first-order chi connectivity index (χ1) is 27.0. The van der Waals surface area contributed by atoms with Gasteiger partial charge in [-0.15, -0.1) is 0 Å². The molecule has 13 rings (SSSR count). The molecule has 0 saturated heterocycles. The van der Waals surface area contributed by atoms with Crippen LogP contribution < -0.4 is 26.4 Å². The molecule has 2 bridgehead atoms. The van der Waals surface area contributed by atoms with Crippen LogP contribution in [0.1, 0.15) is 100 Å². The Balaban J connectivity index is 1.12. The molecule has 278 valence electrons. The molecule has 5 unspecified atom stereocenters. The number of hydrogen-bond acceptors (Lipinski definition) is 3. The van der Waals surface area contributed by atoms with E-state index in [-0.39, 0.29) is 17.5 Å². The van der Waals surface area contributed by atoms with E-state index in [0.29, 0.717) is 10.8 Å². The van der Waals surface area contributed by atoms with Gasteiger partial charge in [-0.25, -0.2) is 0 Å². The van der Waals surface area contributed by atoms with Gasteiger partial charge in [0.25, 0.3) is 6.71 Å². The minimum absolute atomic E-state index is 0.0305. The van der Waals surface area contributed by atoms with Crippen molar-refractivity contribution in [2.24, 2.45) is 23.2 Å². The summed E-state index contributed by atoms with van der Waals surface area (Å²) >= 11 is 0. The molecule has 3 nitrogen and oxygen atoms in total. The van der Waals surface area contributed by atoms with Crippen LogP contribution in [0.5, 0.6) is 0 Å². The van der Waals surface area contributed by atoms with Crippen molar-refractivity contribution in [1.82, 2.24) is 0 Å². The van der Waals surface area contributed by atoms with Gasteiger partial charge >= 0.3 is 0 Å². The summed E-state index contributed by atoms with van der Waals surface area (Å²) in [6, 6.07) is 37.6. The van der Waals surface area contributed by atoms with Crippen LogP contribution in [0, 0.1) is 37.0 Å². The maximum atomic E-state index is 7.40. The molecule has 1 aromatic heterocycles. The van der Waals surface area contributed by atoms with Gasteiger partial charge in [-0.1, -0.05) is 82.3 Å². The Morgan fingerprint density at radius 1 is 0.643 bits per heavy atom. The van der Waals surface area contributed by atoms with Crippen molar-refractivity contribution < 1.29 is 4.42 Å². The summed E-state index contributed by atoms with van der Waals surface area (Å²) < 4.78 is 7.40. The van der Waals surface area contributed by atoms with Crippen molar-refractivity contribution in [1.29, 1.82) is 0 Å². The number of anilines is 6. The summed E-state index contributed by atoms with van der Waals surface area (Å²) in [5, 5.41) is 1.28. The lowest BCUT2D eigenvalue weighted by molar-refractivity contribution is -0.198. The first-order valence-corrected chi connectivity index (χ1v) is 21.6. The van der Waals surface area contributed by atoms with Gasteiger partial charge in [0.2, 0.25) is 0 Å². The molecule has 1 spiro atoms. The summed E-state index contributed by atoms with van der Waals surface area (Å²) in [5.74, 6) is 2.84. The van der Waals surface area contributed by atoms with Crippen molar-refractivity contribution in [3.63, 3.8) is 0 Å². The molecule has 3 heterocycles. The van der Waals surface area contributed by atoms with E-state index in [1.165, 1.54) is 118 Å². The smallest absolute Gasteiger partial charge is 0.297 e. The average Bonchev–Trinajstić information content (AvgIpc) is 3.83. The molecular formula is C52H51BN2O. The van der Waals surface area contributed by atoms with Gasteiger partial charge in [0.15, 0.2) is 0 Å². The van der Waals surface area contributed by atoms with E-state index in [0.717, 1.165) is 29.0 Å². The lowest BCUT2D eigenvalue weighted by atomic mass is 9.31. The van der Waals surface area contributed by atoms with Crippen molar-refractivity contribution >= 4 is 68.4 Å². The molecule has 4 fully saturated rings. The summed E-state index contributed by atoms with van der Waals surface area (Å²) in [6.07, 6.45) is 9.60. The molecule has 4 saturated carbocycles. The number of nitrogens with zero attached hydrogens (tertiary/aromatic N) is 2. The lowest BCUT2D eigenvalue weighted by Crippen LogP contribution is -2.68. The minimum Gasteiger partial charge on any atom is -0.468 e. The van der Waals surface area contributed by atoms with Gasteiger partial charge in [0.05, 0.1) is 17.0 Å². The van der Waals surface area contributed by atoms with Crippen molar-refractivity contribution in [3.8, 4) is 0 Å². The Morgan fingerprint density at radius 3 is 2.09 bits per heavy atom. The van der Waals surface area contributed by atoms with Gasteiger partial charge in [-0.05, 0) is 174 Å². The van der Waals surface area contributed by atoms with E-state index in [2.05, 4.69) is 148 Å². The molecular weight excluding hydrogens is 679 g/mol. The fourth-order valence-electron chi connectivity index (χ4n) is 14.7. The van der Waals surface area contributed by atoms with Crippen LogP contribution in [-0.2, 0) is 16.2 Å². The van der Waals surface area contributed by atoms with E-state index in [4.69, 9.17) is 4.42 Å². The van der Waals surface area contributed by atoms with Gasteiger partial charge < -0.3 is 14.2 Å². The molecule has 0 radical (unpaired) electrons. The number of aryl methyl sites for hydroxylation is 2. The maximum Gasteiger partial charge on any atom is 0.297 e. The van der Waals surface area contributed by atoms with Crippen molar-refractivity contribution in [2.75, 3.05) is 9.80 Å². The van der Waals surface area contributed by atoms with Crippen molar-refractivity contribution in [3.05, 3.63) is 125 Å². The fraction of sp³-hybridized carbons (Fsp3) is 0.385. The van der Waals surface area contributed by atoms with Gasteiger partial charge in [-0.2, -0.15) is 0 Å². The Kier molecular flexibility index (Phi) is 5.92. The highest BCUT2D eigenvalue weighted by Crippen LogP contribution is 2.86. The molecule has 5 aromatic carbocycles. The van der Waals surface area contributed by atoms with E-state index >= 15 is 0 Å². The number of hydrogen-bond donors (Lipinski definition) is 0. The predicted molar refractivity (Wildman–Crippen MR) is 233 cm³/mol. The summed E-state index contributed by atoms with van der Waals surface area (Å²) in [7, 11) is 0. The van der Waals surface area contributed by atoms with Gasteiger partial charge in [0, 0.05) is 33.6 Å². The zero-order chi connectivity index (χ0) is 37.7. The maximum absolute atomic E-state index is 7.40. The van der Waals surface area contributed by atoms with Crippen LogP contribution in [0.25, 0.3) is 11.0 Å². The van der Waals surface area contributed by atoms with Crippen LogP contribution in [0.15, 0.2) is 101 Å². The number of benzene rings is 5. The monoisotopic (exact) mass is 730 g/mol. The van der Waals surface area contributed by atoms with Gasteiger partial charge in [-0.3, -0.25) is 0 Å². The number of fused-ring (bicyclic) bond motifs is 8. The third-order valence-electron chi connectivity index (χ3n) is 17.2. The topological polar surface area (TPSA) is 19.6 Å². The second-order valence-electron chi connectivity index (χ2n) is 20.6. The Labute approximate surface area is 332 Å². The van der Waals surface area contributed by atoms with E-state index in [9.17, 15) is 0 Å². The highest BCUT2D eigenvalue weighted by molar-refractivity contribution is 7.00. The Morgan fingerprint density at radius 2 is 1.36 bits per heavy atom. The second kappa shape index (κ2) is 10.2. The first kappa shape index (κ1) is 32.4. The average molecular weight is 731 g/mol. The molecule has 0 amide bonds. The van der Waals surface area contributed by atoms with Crippen LogP contribution >= 0.6 is 0 Å². The Hall–Kier alpha value is -4.70. The summed E-state index contributed by atoms with van der Waals surface area (Å²) in [6.45, 7) is 14.4. The largest absolute Gasteiger partial charge is 0.468 e. The number of para-hydroxylation sites is 2. The molecule has 5 atom stereocenters. The van der Waals surface area contributed by atoms with E-state index < -0.39 is 0 Å². The van der Waals surface area contributed by atoms with Crippen LogP contribution in [0.4, 0.5) is 34.1 Å². The Bertz CT molecular complexity index is 2700. The predicted octanol–water partition coefficient (Wildman–Crippen LogP) is 11.6. The molecule has 4 heteroatoms. The molecule has 5 aliphatic carbocycles. The third kappa shape index (κ3) is 3.66. The van der Waals surface area contributed by atoms with Crippen molar-refractivity contribution in [2.45, 2.75) is 103 Å². The summed E-state index contributed by atoms with van der Waals surface area (Å²) in [4.78, 5) is 5.18. The fourth-order valence-corrected chi connectivity index (χ4v) is 14.7. The SMILES string of the molecule is Cc1cccc(C)c1N1c2cc3c(cc2B2c4oc5ccc(C67CC8CC9CC(C6)C97C8)cc5c4N(c4ccccc4)c4cccc1c42)C(C)(C)CCC3(C)C. The second-order valence-corrected chi connectivity index (χ2v) is 20.6. The lowest BCUT2D eigenvalue weighted by Gasteiger charge is -2.73. The number of rotatable bonds is 3. The minimum atomic E-state index is -0.0305. The highest BCUT2D eigenvalue weighted by Gasteiger charge is 2.80. The normalized spacial score (nSPS) is 28.9. The van der Waals surface area contributed by atoms with E-state index in [1.54, 1.807) is 5.56 Å².